The third-order valence-corrected chi connectivity index (χ3v) is 2.61. The Bertz CT molecular complexity index is 573. The van der Waals surface area contributed by atoms with E-state index in [0.29, 0.717) is 22.7 Å². The SMILES string of the molecule is CCNc1nc(Oc2ccc(Cl)cc2)nc(N(C)C)n1. The Morgan fingerprint density at radius 1 is 1.15 bits per heavy atom. The number of rotatable bonds is 5. The van der Waals surface area contributed by atoms with Crippen molar-refractivity contribution in [2.24, 2.45) is 0 Å². The molecular formula is C13H16ClN5O. The van der Waals surface area contributed by atoms with Crippen molar-refractivity contribution in [3.63, 3.8) is 0 Å². The Morgan fingerprint density at radius 3 is 2.45 bits per heavy atom. The minimum Gasteiger partial charge on any atom is -0.424 e. The number of anilines is 2. The van der Waals surface area contributed by atoms with Crippen LogP contribution in [0.15, 0.2) is 24.3 Å². The molecule has 0 aliphatic heterocycles. The number of aromatic nitrogens is 3. The molecule has 1 aromatic heterocycles. The Balaban J connectivity index is 2.27. The van der Waals surface area contributed by atoms with Crippen molar-refractivity contribution in [1.82, 2.24) is 15.0 Å². The van der Waals surface area contributed by atoms with Gasteiger partial charge >= 0.3 is 6.01 Å². The summed E-state index contributed by atoms with van der Waals surface area (Å²) in [6, 6.07) is 7.25. The summed E-state index contributed by atoms with van der Waals surface area (Å²) in [5.74, 6) is 1.63. The highest BCUT2D eigenvalue weighted by atomic mass is 35.5. The Morgan fingerprint density at radius 2 is 1.85 bits per heavy atom. The van der Waals surface area contributed by atoms with E-state index in [1.165, 1.54) is 0 Å². The Labute approximate surface area is 122 Å². The zero-order valence-corrected chi connectivity index (χ0v) is 12.3. The van der Waals surface area contributed by atoms with E-state index >= 15 is 0 Å². The second-order valence-corrected chi connectivity index (χ2v) is 4.66. The summed E-state index contributed by atoms with van der Waals surface area (Å²) in [7, 11) is 3.72. The molecule has 0 bridgehead atoms. The molecule has 0 fully saturated rings. The number of nitrogens with one attached hydrogen (secondary N) is 1. The molecular weight excluding hydrogens is 278 g/mol. The third-order valence-electron chi connectivity index (χ3n) is 2.36. The summed E-state index contributed by atoms with van der Waals surface area (Å²) < 4.78 is 5.62. The molecule has 2 rings (SSSR count). The van der Waals surface area contributed by atoms with Crippen LogP contribution in [-0.2, 0) is 0 Å². The van der Waals surface area contributed by atoms with Gasteiger partial charge in [0.1, 0.15) is 5.75 Å². The van der Waals surface area contributed by atoms with E-state index in [2.05, 4.69) is 20.3 Å². The molecule has 1 N–H and O–H groups in total. The molecule has 7 heteroatoms. The van der Waals surface area contributed by atoms with Crippen LogP contribution in [0.4, 0.5) is 11.9 Å². The maximum atomic E-state index is 5.83. The van der Waals surface area contributed by atoms with Crippen LogP contribution in [-0.4, -0.2) is 35.6 Å². The van der Waals surface area contributed by atoms with E-state index in [4.69, 9.17) is 16.3 Å². The van der Waals surface area contributed by atoms with Crippen molar-refractivity contribution >= 4 is 23.5 Å². The first-order valence-electron chi connectivity index (χ1n) is 6.19. The Hall–Kier alpha value is -2.08. The molecule has 0 radical (unpaired) electrons. The van der Waals surface area contributed by atoms with Crippen LogP contribution in [0.3, 0.4) is 0 Å². The molecule has 0 atom stereocenters. The van der Waals surface area contributed by atoms with E-state index in [-0.39, 0.29) is 6.01 Å². The molecule has 2 aromatic rings. The largest absolute Gasteiger partial charge is 0.424 e. The fourth-order valence-corrected chi connectivity index (χ4v) is 1.56. The third kappa shape index (κ3) is 3.71. The van der Waals surface area contributed by atoms with Crippen molar-refractivity contribution in [3.05, 3.63) is 29.3 Å². The predicted molar refractivity (Wildman–Crippen MR) is 79.8 cm³/mol. The zero-order valence-electron chi connectivity index (χ0n) is 11.6. The van der Waals surface area contributed by atoms with Crippen LogP contribution in [0.25, 0.3) is 0 Å². The molecule has 0 saturated heterocycles. The van der Waals surface area contributed by atoms with Crippen molar-refractivity contribution in [1.29, 1.82) is 0 Å². The highest BCUT2D eigenvalue weighted by molar-refractivity contribution is 6.30. The van der Waals surface area contributed by atoms with Gasteiger partial charge < -0.3 is 15.0 Å². The summed E-state index contributed by atoms with van der Waals surface area (Å²) in [6.45, 7) is 2.69. The van der Waals surface area contributed by atoms with Gasteiger partial charge in [-0.2, -0.15) is 15.0 Å². The van der Waals surface area contributed by atoms with Gasteiger partial charge in [-0.25, -0.2) is 0 Å². The van der Waals surface area contributed by atoms with Crippen molar-refractivity contribution < 1.29 is 4.74 Å². The quantitative estimate of drug-likeness (QED) is 0.914. The van der Waals surface area contributed by atoms with Crippen molar-refractivity contribution in [2.45, 2.75) is 6.92 Å². The van der Waals surface area contributed by atoms with Gasteiger partial charge in [-0.15, -0.1) is 0 Å². The molecule has 0 saturated carbocycles. The molecule has 1 aromatic carbocycles. The van der Waals surface area contributed by atoms with Crippen LogP contribution in [0, 0.1) is 0 Å². The topological polar surface area (TPSA) is 63.2 Å². The minimum absolute atomic E-state index is 0.238. The number of benzene rings is 1. The fourth-order valence-electron chi connectivity index (χ4n) is 1.44. The number of halogens is 1. The highest BCUT2D eigenvalue weighted by Gasteiger charge is 2.09. The molecule has 1 heterocycles. The first-order chi connectivity index (χ1) is 9.58. The van der Waals surface area contributed by atoms with Gasteiger partial charge in [0.15, 0.2) is 0 Å². The number of hydrogen-bond donors (Lipinski definition) is 1. The van der Waals surface area contributed by atoms with Gasteiger partial charge in [0.05, 0.1) is 0 Å². The Kier molecular flexibility index (Phi) is 4.57. The number of nitrogens with zero attached hydrogens (tertiary/aromatic N) is 4. The lowest BCUT2D eigenvalue weighted by atomic mass is 10.3. The van der Waals surface area contributed by atoms with Crippen molar-refractivity contribution in [3.8, 4) is 11.8 Å². The minimum atomic E-state index is 0.238. The molecule has 6 nitrogen and oxygen atoms in total. The molecule has 0 aliphatic rings. The van der Waals surface area contributed by atoms with Gasteiger partial charge in [-0.3, -0.25) is 0 Å². The van der Waals surface area contributed by atoms with Crippen LogP contribution >= 0.6 is 11.6 Å². The number of hydrogen-bond acceptors (Lipinski definition) is 6. The van der Waals surface area contributed by atoms with E-state index in [1.54, 1.807) is 29.2 Å². The standard InChI is InChI=1S/C13H16ClN5O/c1-4-15-11-16-12(19(2)3)18-13(17-11)20-10-7-5-9(14)6-8-10/h5-8H,4H2,1-3H3,(H,15,16,17,18). The second kappa shape index (κ2) is 6.38. The lowest BCUT2D eigenvalue weighted by Crippen LogP contribution is -2.15. The van der Waals surface area contributed by atoms with Gasteiger partial charge in [-0.1, -0.05) is 11.6 Å². The van der Waals surface area contributed by atoms with E-state index in [9.17, 15) is 0 Å². The van der Waals surface area contributed by atoms with E-state index < -0.39 is 0 Å². The smallest absolute Gasteiger partial charge is 0.328 e. The van der Waals surface area contributed by atoms with E-state index in [0.717, 1.165) is 6.54 Å². The molecule has 106 valence electrons. The zero-order chi connectivity index (χ0) is 14.5. The van der Waals surface area contributed by atoms with Gasteiger partial charge in [0.2, 0.25) is 11.9 Å². The molecule has 0 unspecified atom stereocenters. The normalized spacial score (nSPS) is 10.2. The van der Waals surface area contributed by atoms with Gasteiger partial charge in [-0.05, 0) is 31.2 Å². The fraction of sp³-hybridized carbons (Fsp3) is 0.308. The van der Waals surface area contributed by atoms with Gasteiger partial charge in [0.25, 0.3) is 0 Å². The molecule has 0 spiro atoms. The average Bonchev–Trinajstić information content (AvgIpc) is 2.41. The van der Waals surface area contributed by atoms with Crippen LogP contribution in [0.5, 0.6) is 11.8 Å². The summed E-state index contributed by atoms with van der Waals surface area (Å²) in [5, 5.41) is 3.70. The lowest BCUT2D eigenvalue weighted by molar-refractivity contribution is 0.440. The maximum Gasteiger partial charge on any atom is 0.328 e. The first kappa shape index (κ1) is 14.3. The monoisotopic (exact) mass is 293 g/mol. The summed E-state index contributed by atoms with van der Waals surface area (Å²) >= 11 is 5.83. The van der Waals surface area contributed by atoms with E-state index in [1.807, 2.05) is 21.0 Å². The predicted octanol–water partition coefficient (Wildman–Crippen LogP) is 2.82. The first-order valence-corrected chi connectivity index (χ1v) is 6.57. The van der Waals surface area contributed by atoms with Gasteiger partial charge in [0, 0.05) is 25.7 Å². The summed E-state index contributed by atoms with van der Waals surface area (Å²) in [4.78, 5) is 14.5. The second-order valence-electron chi connectivity index (χ2n) is 4.22. The molecule has 20 heavy (non-hydrogen) atoms. The molecule has 0 amide bonds. The lowest BCUT2D eigenvalue weighted by Gasteiger charge is -2.13. The molecule has 0 aliphatic carbocycles. The average molecular weight is 294 g/mol. The number of ether oxygens (including phenoxy) is 1. The van der Waals surface area contributed by atoms with Crippen LogP contribution in [0.1, 0.15) is 6.92 Å². The maximum absolute atomic E-state index is 5.83. The summed E-state index contributed by atoms with van der Waals surface area (Å²) in [6.07, 6.45) is 0. The van der Waals surface area contributed by atoms with Crippen molar-refractivity contribution in [2.75, 3.05) is 30.9 Å². The highest BCUT2D eigenvalue weighted by Crippen LogP contribution is 2.22. The van der Waals surface area contributed by atoms with Crippen LogP contribution in [0.2, 0.25) is 5.02 Å². The van der Waals surface area contributed by atoms with Crippen LogP contribution < -0.4 is 15.0 Å². The summed E-state index contributed by atoms with van der Waals surface area (Å²) in [5.41, 5.74) is 0.